The molecule has 0 fully saturated rings. The molecule has 0 bridgehead atoms. The quantitative estimate of drug-likeness (QED) is 0.607. The van der Waals surface area contributed by atoms with E-state index in [4.69, 9.17) is 17.0 Å². The lowest BCUT2D eigenvalue weighted by Crippen LogP contribution is -2.18. The summed E-state index contributed by atoms with van der Waals surface area (Å²) < 4.78 is 5.87. The Hall–Kier alpha value is -2.51. The number of hydrogen-bond acceptors (Lipinski definition) is 5. The molecule has 0 amide bonds. The van der Waals surface area contributed by atoms with Gasteiger partial charge in [0.2, 0.25) is 5.13 Å². The molecule has 134 valence electrons. The van der Waals surface area contributed by atoms with Gasteiger partial charge >= 0.3 is 0 Å². The molecule has 0 atom stereocenters. The van der Waals surface area contributed by atoms with Crippen molar-refractivity contribution >= 4 is 39.5 Å². The summed E-state index contributed by atoms with van der Waals surface area (Å²) in [6.07, 6.45) is 0.700. The monoisotopic (exact) mass is 384 g/mol. The Labute approximate surface area is 162 Å². The number of benzene rings is 2. The smallest absolute Gasteiger partial charge is 0.211 e. The predicted molar refractivity (Wildman–Crippen MR) is 111 cm³/mol. The number of thiocarbonyl (C=S) groups is 1. The molecular weight excluding hydrogens is 364 g/mol. The van der Waals surface area contributed by atoms with Gasteiger partial charge < -0.3 is 15.4 Å². The minimum Gasteiger partial charge on any atom is -0.493 e. The van der Waals surface area contributed by atoms with Crippen molar-refractivity contribution < 1.29 is 4.74 Å². The molecule has 3 aromatic rings. The van der Waals surface area contributed by atoms with E-state index in [9.17, 15) is 0 Å². The maximum atomic E-state index is 5.87. The number of nitrogens with zero attached hydrogens (tertiary/aromatic N) is 2. The van der Waals surface area contributed by atoms with Crippen molar-refractivity contribution in [1.29, 1.82) is 0 Å². The highest BCUT2D eigenvalue weighted by Gasteiger charge is 2.07. The van der Waals surface area contributed by atoms with Gasteiger partial charge in [0.15, 0.2) is 5.11 Å². The first-order chi connectivity index (χ1) is 12.6. The summed E-state index contributed by atoms with van der Waals surface area (Å²) in [4.78, 5) is 0. The van der Waals surface area contributed by atoms with Crippen molar-refractivity contribution in [3.63, 3.8) is 0 Å². The minimum atomic E-state index is 0.491. The van der Waals surface area contributed by atoms with Crippen LogP contribution in [0.2, 0.25) is 0 Å². The van der Waals surface area contributed by atoms with Crippen LogP contribution >= 0.6 is 23.6 Å². The summed E-state index contributed by atoms with van der Waals surface area (Å²) in [5, 5.41) is 16.5. The molecule has 5 nitrogen and oxygen atoms in total. The third kappa shape index (κ3) is 5.24. The van der Waals surface area contributed by atoms with Crippen LogP contribution in [-0.4, -0.2) is 21.9 Å². The first-order valence-corrected chi connectivity index (χ1v) is 9.48. The molecule has 0 spiro atoms. The Balaban J connectivity index is 1.48. The molecule has 0 saturated carbocycles. The van der Waals surface area contributed by atoms with Crippen LogP contribution in [0.25, 0.3) is 0 Å². The predicted octanol–water partition coefficient (Wildman–Crippen LogP) is 4.59. The lowest BCUT2D eigenvalue weighted by Gasteiger charge is -2.08. The maximum Gasteiger partial charge on any atom is 0.211 e. The van der Waals surface area contributed by atoms with Gasteiger partial charge in [0.05, 0.1) is 6.61 Å². The first kappa shape index (κ1) is 18.3. The molecule has 0 aliphatic rings. The topological polar surface area (TPSA) is 59.1 Å². The molecule has 0 unspecified atom stereocenters. The number of aromatic nitrogens is 2. The zero-order valence-corrected chi connectivity index (χ0v) is 16.3. The fraction of sp³-hybridized carbons (Fsp3) is 0.211. The van der Waals surface area contributed by atoms with Gasteiger partial charge in [0.1, 0.15) is 10.8 Å². The van der Waals surface area contributed by atoms with Crippen LogP contribution in [0.5, 0.6) is 5.75 Å². The highest BCUT2D eigenvalue weighted by Crippen LogP contribution is 2.20. The number of aryl methyl sites for hydroxylation is 2. The largest absolute Gasteiger partial charge is 0.493 e. The first-order valence-electron chi connectivity index (χ1n) is 8.25. The summed E-state index contributed by atoms with van der Waals surface area (Å²) in [6, 6.07) is 16.0. The van der Waals surface area contributed by atoms with E-state index in [-0.39, 0.29) is 0 Å². The Morgan fingerprint density at radius 3 is 2.69 bits per heavy atom. The molecule has 0 aliphatic heterocycles. The van der Waals surface area contributed by atoms with Gasteiger partial charge in [-0.3, -0.25) is 0 Å². The minimum absolute atomic E-state index is 0.491. The molecule has 0 aliphatic carbocycles. The zero-order valence-electron chi connectivity index (χ0n) is 14.7. The molecule has 2 N–H and O–H groups in total. The Morgan fingerprint density at radius 2 is 1.88 bits per heavy atom. The number of anilines is 2. The second-order valence-electron chi connectivity index (χ2n) is 5.81. The van der Waals surface area contributed by atoms with Crippen molar-refractivity contribution in [2.45, 2.75) is 20.3 Å². The van der Waals surface area contributed by atoms with Gasteiger partial charge in [-0.1, -0.05) is 41.7 Å². The Kier molecular flexibility index (Phi) is 6.14. The Bertz CT molecular complexity index is 880. The van der Waals surface area contributed by atoms with Crippen LogP contribution in [0.15, 0.2) is 48.5 Å². The Morgan fingerprint density at radius 1 is 1.08 bits per heavy atom. The molecule has 0 saturated heterocycles. The van der Waals surface area contributed by atoms with Crippen LogP contribution in [-0.2, 0) is 6.42 Å². The standard InChI is InChI=1S/C19H20N4OS2/c1-13-8-9-14(2)16(12-13)24-11-10-17-22-23-19(26-17)21-18(25)20-15-6-4-3-5-7-15/h3-9,12H,10-11H2,1-2H3,(H2,20,21,23,25). The second-order valence-corrected chi connectivity index (χ2v) is 7.28. The summed E-state index contributed by atoms with van der Waals surface area (Å²) in [6.45, 7) is 4.66. The van der Waals surface area contributed by atoms with Crippen molar-refractivity contribution in [2.75, 3.05) is 17.2 Å². The van der Waals surface area contributed by atoms with E-state index in [1.54, 1.807) is 0 Å². The molecule has 7 heteroatoms. The average molecular weight is 385 g/mol. The zero-order chi connectivity index (χ0) is 18.4. The maximum absolute atomic E-state index is 5.87. The fourth-order valence-electron chi connectivity index (χ4n) is 2.30. The molecule has 0 radical (unpaired) electrons. The van der Waals surface area contributed by atoms with Gasteiger partial charge in [0, 0.05) is 12.1 Å². The van der Waals surface area contributed by atoms with E-state index in [1.807, 2.05) is 37.3 Å². The molecule has 26 heavy (non-hydrogen) atoms. The van der Waals surface area contributed by atoms with Crippen LogP contribution in [0, 0.1) is 13.8 Å². The van der Waals surface area contributed by atoms with E-state index < -0.39 is 0 Å². The summed E-state index contributed by atoms with van der Waals surface area (Å²) in [5.74, 6) is 0.918. The van der Waals surface area contributed by atoms with E-state index in [2.05, 4.69) is 46.0 Å². The molecule has 3 rings (SSSR count). The van der Waals surface area contributed by atoms with Gasteiger partial charge in [0.25, 0.3) is 0 Å². The lowest BCUT2D eigenvalue weighted by atomic mass is 10.1. The van der Waals surface area contributed by atoms with Crippen LogP contribution in [0.4, 0.5) is 10.8 Å². The number of nitrogens with one attached hydrogen (secondary N) is 2. The third-order valence-electron chi connectivity index (χ3n) is 3.64. The van der Waals surface area contributed by atoms with Gasteiger partial charge in [-0.25, -0.2) is 0 Å². The van der Waals surface area contributed by atoms with E-state index >= 15 is 0 Å². The van der Waals surface area contributed by atoms with Gasteiger partial charge in [-0.2, -0.15) is 0 Å². The van der Waals surface area contributed by atoms with Crippen LogP contribution < -0.4 is 15.4 Å². The van der Waals surface area contributed by atoms with Crippen LogP contribution in [0.3, 0.4) is 0 Å². The number of hydrogen-bond donors (Lipinski definition) is 2. The van der Waals surface area contributed by atoms with E-state index in [0.717, 1.165) is 22.0 Å². The van der Waals surface area contributed by atoms with E-state index in [1.165, 1.54) is 16.9 Å². The lowest BCUT2D eigenvalue weighted by molar-refractivity contribution is 0.319. The number of para-hydroxylation sites is 1. The van der Waals surface area contributed by atoms with Gasteiger partial charge in [-0.05, 0) is 55.4 Å². The number of rotatable bonds is 6. The summed E-state index contributed by atoms with van der Waals surface area (Å²) in [7, 11) is 0. The summed E-state index contributed by atoms with van der Waals surface area (Å²) in [5.41, 5.74) is 3.25. The van der Waals surface area contributed by atoms with Crippen molar-refractivity contribution in [1.82, 2.24) is 10.2 Å². The summed E-state index contributed by atoms with van der Waals surface area (Å²) >= 11 is 6.77. The highest BCUT2D eigenvalue weighted by atomic mass is 32.1. The van der Waals surface area contributed by atoms with E-state index in [0.29, 0.717) is 23.3 Å². The molecular formula is C19H20N4OS2. The van der Waals surface area contributed by atoms with Crippen molar-refractivity contribution in [3.8, 4) is 5.75 Å². The molecule has 2 aromatic carbocycles. The third-order valence-corrected chi connectivity index (χ3v) is 4.74. The molecule has 1 aromatic heterocycles. The molecule has 1 heterocycles. The highest BCUT2D eigenvalue weighted by molar-refractivity contribution is 7.80. The SMILES string of the molecule is Cc1ccc(C)c(OCCc2nnc(NC(=S)Nc3ccccc3)s2)c1. The normalized spacial score (nSPS) is 10.4. The van der Waals surface area contributed by atoms with Gasteiger partial charge in [-0.15, -0.1) is 10.2 Å². The van der Waals surface area contributed by atoms with Crippen LogP contribution in [0.1, 0.15) is 16.1 Å². The number of ether oxygens (including phenoxy) is 1. The van der Waals surface area contributed by atoms with Crippen molar-refractivity contribution in [2.24, 2.45) is 0 Å². The fourth-order valence-corrected chi connectivity index (χ4v) is 3.30. The average Bonchev–Trinajstić information content (AvgIpc) is 3.06. The second kappa shape index (κ2) is 8.73. The van der Waals surface area contributed by atoms with Crippen molar-refractivity contribution in [3.05, 3.63) is 64.7 Å².